The summed E-state index contributed by atoms with van der Waals surface area (Å²) in [6, 6.07) is 6.57. The van der Waals surface area contributed by atoms with Crippen LogP contribution >= 0.6 is 11.8 Å². The lowest BCUT2D eigenvalue weighted by Gasteiger charge is -2.14. The number of methoxy groups -OCH3 is 1. The standard InChI is InChI=1S/C17H16N4O4S/c1-25-13-6-9(5-12(23)15(13)24)14-10(7-18)16(20)21-17(11(14)8-19)26-4-2-3-22/h5-6,22-24H,2-4H2,1H3,(H2,20,21). The van der Waals surface area contributed by atoms with Crippen molar-refractivity contribution in [3.8, 4) is 40.5 Å². The number of rotatable bonds is 6. The lowest BCUT2D eigenvalue weighted by Crippen LogP contribution is -2.04. The predicted molar refractivity (Wildman–Crippen MR) is 95.8 cm³/mol. The number of nitriles is 2. The summed E-state index contributed by atoms with van der Waals surface area (Å²) in [5.74, 6) is -0.477. The van der Waals surface area contributed by atoms with Gasteiger partial charge in [0, 0.05) is 17.9 Å². The Hall–Kier alpha value is -3.14. The van der Waals surface area contributed by atoms with E-state index >= 15 is 0 Å². The van der Waals surface area contributed by atoms with Gasteiger partial charge in [0.05, 0.1) is 12.7 Å². The minimum absolute atomic E-state index is 0.00343. The molecule has 0 saturated heterocycles. The fourth-order valence-corrected chi connectivity index (χ4v) is 3.24. The number of nitrogens with zero attached hydrogens (tertiary/aromatic N) is 3. The van der Waals surface area contributed by atoms with Gasteiger partial charge in [-0.3, -0.25) is 0 Å². The lowest BCUT2D eigenvalue weighted by molar-refractivity contribution is 0.296. The normalized spacial score (nSPS) is 10.2. The summed E-state index contributed by atoms with van der Waals surface area (Å²) in [6.07, 6.45) is 0.500. The first-order valence-corrected chi connectivity index (χ1v) is 8.44. The molecule has 0 spiro atoms. The Labute approximate surface area is 154 Å². The van der Waals surface area contributed by atoms with Crippen LogP contribution in [-0.4, -0.2) is 39.8 Å². The second-order valence-electron chi connectivity index (χ2n) is 5.12. The van der Waals surface area contributed by atoms with E-state index in [0.717, 1.165) is 0 Å². The number of thioether (sulfide) groups is 1. The van der Waals surface area contributed by atoms with Crippen LogP contribution in [0, 0.1) is 22.7 Å². The van der Waals surface area contributed by atoms with Gasteiger partial charge in [0.25, 0.3) is 0 Å². The molecular weight excluding hydrogens is 356 g/mol. The molecule has 5 N–H and O–H groups in total. The number of aromatic hydroxyl groups is 2. The molecule has 1 aromatic carbocycles. The Bertz CT molecular complexity index is 919. The van der Waals surface area contributed by atoms with Crippen molar-refractivity contribution in [2.24, 2.45) is 0 Å². The van der Waals surface area contributed by atoms with Gasteiger partial charge in [-0.15, -0.1) is 11.8 Å². The highest BCUT2D eigenvalue weighted by molar-refractivity contribution is 7.99. The molecule has 134 valence electrons. The molecule has 8 nitrogen and oxygen atoms in total. The Morgan fingerprint density at radius 2 is 1.92 bits per heavy atom. The highest BCUT2D eigenvalue weighted by Gasteiger charge is 2.22. The van der Waals surface area contributed by atoms with Gasteiger partial charge in [-0.05, 0) is 24.1 Å². The molecule has 26 heavy (non-hydrogen) atoms. The number of nitrogens with two attached hydrogens (primary N) is 1. The van der Waals surface area contributed by atoms with Crippen LogP contribution in [0.5, 0.6) is 17.2 Å². The lowest BCUT2D eigenvalue weighted by atomic mass is 9.96. The smallest absolute Gasteiger partial charge is 0.200 e. The molecular formula is C17H16N4O4S. The third-order valence-electron chi connectivity index (χ3n) is 3.52. The van der Waals surface area contributed by atoms with Crippen LogP contribution in [-0.2, 0) is 0 Å². The van der Waals surface area contributed by atoms with Crippen molar-refractivity contribution >= 4 is 17.6 Å². The first kappa shape index (κ1) is 19.2. The first-order valence-electron chi connectivity index (χ1n) is 7.46. The van der Waals surface area contributed by atoms with Crippen LogP contribution in [0.3, 0.4) is 0 Å². The van der Waals surface area contributed by atoms with Gasteiger partial charge in [0.1, 0.15) is 28.5 Å². The zero-order valence-corrected chi connectivity index (χ0v) is 14.7. The van der Waals surface area contributed by atoms with Gasteiger partial charge in [-0.25, -0.2) is 4.98 Å². The van der Waals surface area contributed by atoms with Crippen molar-refractivity contribution in [1.29, 1.82) is 10.5 Å². The Morgan fingerprint density at radius 3 is 2.50 bits per heavy atom. The summed E-state index contributed by atoms with van der Waals surface area (Å²) >= 11 is 1.23. The van der Waals surface area contributed by atoms with Crippen molar-refractivity contribution in [2.45, 2.75) is 11.4 Å². The molecule has 2 aromatic rings. The molecule has 0 radical (unpaired) electrons. The van der Waals surface area contributed by atoms with Crippen LogP contribution in [0.1, 0.15) is 17.5 Å². The molecule has 0 atom stereocenters. The summed E-state index contributed by atoms with van der Waals surface area (Å²) < 4.78 is 5.02. The average molecular weight is 372 g/mol. The summed E-state index contributed by atoms with van der Waals surface area (Å²) in [5, 5.41) is 48.1. The maximum atomic E-state index is 9.94. The van der Waals surface area contributed by atoms with E-state index in [0.29, 0.717) is 17.2 Å². The highest BCUT2D eigenvalue weighted by atomic mass is 32.2. The van der Waals surface area contributed by atoms with Crippen molar-refractivity contribution in [3.63, 3.8) is 0 Å². The number of benzene rings is 1. The van der Waals surface area contributed by atoms with E-state index in [9.17, 15) is 20.7 Å². The van der Waals surface area contributed by atoms with Gasteiger partial charge in [0.2, 0.25) is 5.75 Å². The van der Waals surface area contributed by atoms with Crippen LogP contribution in [0.25, 0.3) is 11.1 Å². The van der Waals surface area contributed by atoms with Crippen molar-refractivity contribution < 1.29 is 20.1 Å². The highest BCUT2D eigenvalue weighted by Crippen LogP contribution is 2.43. The number of phenols is 2. The Morgan fingerprint density at radius 1 is 1.23 bits per heavy atom. The number of pyridine rings is 1. The number of aromatic nitrogens is 1. The quantitative estimate of drug-likeness (QED) is 0.338. The molecule has 9 heteroatoms. The van der Waals surface area contributed by atoms with E-state index in [1.54, 1.807) is 0 Å². The van der Waals surface area contributed by atoms with Crippen molar-refractivity contribution in [2.75, 3.05) is 25.2 Å². The Kier molecular flexibility index (Phi) is 6.12. The maximum absolute atomic E-state index is 9.94. The number of hydrogen-bond donors (Lipinski definition) is 4. The van der Waals surface area contributed by atoms with Crippen molar-refractivity contribution in [3.05, 3.63) is 23.3 Å². The molecule has 0 aliphatic rings. The largest absolute Gasteiger partial charge is 0.504 e. The molecule has 0 amide bonds. The van der Waals surface area contributed by atoms with Gasteiger partial charge in [0.15, 0.2) is 11.5 Å². The van der Waals surface area contributed by atoms with Gasteiger partial charge >= 0.3 is 0 Å². The second-order valence-corrected chi connectivity index (χ2v) is 6.21. The van der Waals surface area contributed by atoms with Gasteiger partial charge in [-0.2, -0.15) is 10.5 Å². The summed E-state index contributed by atoms with van der Waals surface area (Å²) in [7, 11) is 1.31. The molecule has 0 saturated carbocycles. The number of phenolic OH excluding ortho intramolecular Hbond substituents is 2. The zero-order valence-electron chi connectivity index (χ0n) is 13.9. The van der Waals surface area contributed by atoms with E-state index in [1.165, 1.54) is 31.0 Å². The van der Waals surface area contributed by atoms with E-state index in [1.807, 2.05) is 12.1 Å². The number of hydrogen-bond acceptors (Lipinski definition) is 9. The van der Waals surface area contributed by atoms with E-state index < -0.39 is 11.5 Å². The maximum Gasteiger partial charge on any atom is 0.200 e. The van der Waals surface area contributed by atoms with Crippen LogP contribution in [0.2, 0.25) is 0 Å². The minimum Gasteiger partial charge on any atom is -0.504 e. The topological polar surface area (TPSA) is 156 Å². The fraction of sp³-hybridized carbons (Fsp3) is 0.235. The van der Waals surface area contributed by atoms with Gasteiger partial charge in [-0.1, -0.05) is 0 Å². The molecule has 0 bridgehead atoms. The van der Waals surface area contributed by atoms with E-state index in [4.69, 9.17) is 15.6 Å². The predicted octanol–water partition coefficient (Wildman–Crippen LogP) is 1.97. The third-order valence-corrected chi connectivity index (χ3v) is 4.58. The van der Waals surface area contributed by atoms with Crippen LogP contribution < -0.4 is 10.5 Å². The second kappa shape index (κ2) is 8.30. The monoisotopic (exact) mass is 372 g/mol. The SMILES string of the molecule is COc1cc(-c2c(C#N)c(N)nc(SCCCO)c2C#N)cc(O)c1O. The fourth-order valence-electron chi connectivity index (χ4n) is 2.32. The first-order chi connectivity index (χ1) is 12.5. The molecule has 1 heterocycles. The third kappa shape index (κ3) is 3.59. The number of aliphatic hydroxyl groups excluding tert-OH is 1. The number of nitrogen functional groups attached to an aromatic ring is 1. The van der Waals surface area contributed by atoms with Gasteiger partial charge < -0.3 is 25.8 Å². The van der Waals surface area contributed by atoms with E-state index in [2.05, 4.69) is 4.98 Å². The summed E-state index contributed by atoms with van der Waals surface area (Å²) in [6.45, 7) is -0.00343. The molecule has 1 aromatic heterocycles. The number of anilines is 1. The average Bonchev–Trinajstić information content (AvgIpc) is 2.63. The zero-order chi connectivity index (χ0) is 19.3. The van der Waals surface area contributed by atoms with Crippen molar-refractivity contribution in [1.82, 2.24) is 4.98 Å². The van der Waals surface area contributed by atoms with Crippen LogP contribution in [0.15, 0.2) is 17.2 Å². The molecule has 2 rings (SSSR count). The van der Waals surface area contributed by atoms with Crippen LogP contribution in [0.4, 0.5) is 5.82 Å². The minimum atomic E-state index is -0.461. The van der Waals surface area contributed by atoms with E-state index in [-0.39, 0.29) is 40.4 Å². The molecule has 0 aliphatic heterocycles. The molecule has 0 unspecified atom stereocenters. The molecule has 0 aliphatic carbocycles. The number of ether oxygens (including phenoxy) is 1. The summed E-state index contributed by atoms with van der Waals surface area (Å²) in [4.78, 5) is 4.13. The number of aliphatic hydroxyl groups is 1. The Balaban J connectivity index is 2.76. The molecule has 0 fully saturated rings. The summed E-state index contributed by atoms with van der Waals surface area (Å²) in [5.41, 5.74) is 6.47.